The topological polar surface area (TPSA) is 59.1 Å². The maximum Gasteiger partial charge on any atom is 0.277 e. The Morgan fingerprint density at radius 3 is 2.43 bits per heavy atom. The summed E-state index contributed by atoms with van der Waals surface area (Å²) in [4.78, 5) is 29.7. The van der Waals surface area contributed by atoms with Gasteiger partial charge in [0.05, 0.1) is 22.8 Å². The van der Waals surface area contributed by atoms with Gasteiger partial charge in [-0.15, -0.1) is 0 Å². The monoisotopic (exact) mass is 426 g/mol. The molecule has 0 bridgehead atoms. The molecular formula is C20H24Cl2N2O4. The van der Waals surface area contributed by atoms with Crippen molar-refractivity contribution in [3.63, 3.8) is 0 Å². The van der Waals surface area contributed by atoms with E-state index in [0.29, 0.717) is 59.5 Å². The Labute approximate surface area is 175 Å². The second-order valence-electron chi connectivity index (χ2n) is 7.12. The van der Waals surface area contributed by atoms with Gasteiger partial charge in [-0.2, -0.15) is 0 Å². The van der Waals surface area contributed by atoms with Crippen LogP contribution in [0.1, 0.15) is 25.8 Å². The first-order chi connectivity index (χ1) is 13.3. The molecule has 0 spiro atoms. The van der Waals surface area contributed by atoms with E-state index in [1.54, 1.807) is 25.3 Å². The van der Waals surface area contributed by atoms with Crippen molar-refractivity contribution in [2.24, 2.45) is 0 Å². The lowest BCUT2D eigenvalue weighted by atomic mass is 10.0. The Balaban J connectivity index is 2.05. The molecule has 2 unspecified atom stereocenters. The Morgan fingerprint density at radius 1 is 1.14 bits per heavy atom. The number of carbonyl (C=O) groups excluding carboxylic acids is 2. The van der Waals surface area contributed by atoms with Gasteiger partial charge in [-0.25, -0.2) is 0 Å². The van der Waals surface area contributed by atoms with E-state index in [1.165, 1.54) is 4.90 Å². The van der Waals surface area contributed by atoms with E-state index in [9.17, 15) is 9.59 Å². The summed E-state index contributed by atoms with van der Waals surface area (Å²) in [6, 6.07) is 4.94. The first kappa shape index (κ1) is 21.1. The van der Waals surface area contributed by atoms with Gasteiger partial charge in [0.25, 0.3) is 11.8 Å². The first-order valence-electron chi connectivity index (χ1n) is 9.28. The molecule has 0 radical (unpaired) electrons. The molecule has 1 fully saturated rings. The van der Waals surface area contributed by atoms with E-state index in [2.05, 4.69) is 0 Å². The fourth-order valence-electron chi connectivity index (χ4n) is 3.72. The van der Waals surface area contributed by atoms with Gasteiger partial charge >= 0.3 is 0 Å². The lowest BCUT2D eigenvalue weighted by Gasteiger charge is -2.37. The largest absolute Gasteiger partial charge is 0.385 e. The van der Waals surface area contributed by atoms with E-state index >= 15 is 0 Å². The van der Waals surface area contributed by atoms with E-state index < -0.39 is 0 Å². The van der Waals surface area contributed by atoms with Crippen LogP contribution in [0.4, 0.5) is 0 Å². The first-order valence-corrected chi connectivity index (χ1v) is 10.0. The average Bonchev–Trinajstić information content (AvgIpc) is 2.85. The van der Waals surface area contributed by atoms with Gasteiger partial charge in [0.2, 0.25) is 0 Å². The third-order valence-electron chi connectivity index (χ3n) is 4.81. The normalized spacial score (nSPS) is 23.2. The number of benzene rings is 1. The minimum absolute atomic E-state index is 0.0522. The number of methoxy groups -OCH3 is 1. The SMILES string of the molecule is COCCCN1C(=O)C(c2ccc(Cl)cc2Cl)=C(N2CC(C)OC(C)C2)C1=O. The summed E-state index contributed by atoms with van der Waals surface area (Å²) in [5.74, 6) is -0.643. The smallest absolute Gasteiger partial charge is 0.277 e. The molecule has 0 aliphatic carbocycles. The Kier molecular flexibility index (Phi) is 6.65. The zero-order chi connectivity index (χ0) is 20.4. The summed E-state index contributed by atoms with van der Waals surface area (Å²) in [6.07, 6.45) is 0.464. The summed E-state index contributed by atoms with van der Waals surface area (Å²) in [6.45, 7) is 5.72. The fourth-order valence-corrected chi connectivity index (χ4v) is 4.23. The molecule has 2 heterocycles. The number of ether oxygens (including phenoxy) is 2. The predicted octanol–water partition coefficient (Wildman–Crippen LogP) is 3.22. The van der Waals surface area contributed by atoms with Gasteiger partial charge in [0.15, 0.2) is 0 Å². The molecular weight excluding hydrogens is 403 g/mol. The van der Waals surface area contributed by atoms with E-state index in [-0.39, 0.29) is 24.0 Å². The van der Waals surface area contributed by atoms with Gasteiger partial charge in [-0.1, -0.05) is 29.3 Å². The minimum Gasteiger partial charge on any atom is -0.385 e. The number of imide groups is 1. The third kappa shape index (κ3) is 4.20. The van der Waals surface area contributed by atoms with Crippen molar-refractivity contribution >= 4 is 40.6 Å². The van der Waals surface area contributed by atoms with Crippen LogP contribution in [0, 0.1) is 0 Å². The summed E-state index contributed by atoms with van der Waals surface area (Å²) in [7, 11) is 1.59. The molecule has 1 saturated heterocycles. The maximum atomic E-state index is 13.2. The van der Waals surface area contributed by atoms with Crippen molar-refractivity contribution in [3.05, 3.63) is 39.5 Å². The Morgan fingerprint density at radius 2 is 1.82 bits per heavy atom. The van der Waals surface area contributed by atoms with Crippen molar-refractivity contribution in [1.29, 1.82) is 0 Å². The summed E-state index contributed by atoms with van der Waals surface area (Å²) in [5.41, 5.74) is 1.22. The summed E-state index contributed by atoms with van der Waals surface area (Å²) in [5, 5.41) is 0.812. The molecule has 3 rings (SSSR count). The van der Waals surface area contributed by atoms with E-state index in [1.807, 2.05) is 18.7 Å². The fraction of sp³-hybridized carbons (Fsp3) is 0.500. The summed E-state index contributed by atoms with van der Waals surface area (Å²) < 4.78 is 10.9. The number of carbonyl (C=O) groups is 2. The number of hydrogen-bond donors (Lipinski definition) is 0. The molecule has 6 nitrogen and oxygen atoms in total. The molecule has 152 valence electrons. The van der Waals surface area contributed by atoms with Gasteiger partial charge < -0.3 is 14.4 Å². The Hall–Kier alpha value is -1.60. The zero-order valence-corrected chi connectivity index (χ0v) is 17.7. The number of amides is 2. The van der Waals surface area contributed by atoms with Crippen LogP contribution in [-0.4, -0.2) is 67.2 Å². The molecule has 1 aromatic carbocycles. The van der Waals surface area contributed by atoms with Crippen molar-refractivity contribution in [3.8, 4) is 0 Å². The van der Waals surface area contributed by atoms with Crippen LogP contribution >= 0.6 is 23.2 Å². The Bertz CT molecular complexity index is 801. The lowest BCUT2D eigenvalue weighted by Crippen LogP contribution is -2.47. The highest BCUT2D eigenvalue weighted by Gasteiger charge is 2.43. The van der Waals surface area contributed by atoms with Crippen LogP contribution in [0.5, 0.6) is 0 Å². The second-order valence-corrected chi connectivity index (χ2v) is 7.96. The maximum absolute atomic E-state index is 13.2. The minimum atomic E-state index is -0.341. The van der Waals surface area contributed by atoms with Crippen molar-refractivity contribution < 1.29 is 19.1 Å². The number of halogens is 2. The quantitative estimate of drug-likeness (QED) is 0.516. The average molecular weight is 427 g/mol. The van der Waals surface area contributed by atoms with Gasteiger partial charge in [0.1, 0.15) is 5.70 Å². The number of hydrogen-bond acceptors (Lipinski definition) is 5. The molecule has 0 aromatic heterocycles. The van der Waals surface area contributed by atoms with Crippen LogP contribution in [0.15, 0.2) is 23.9 Å². The molecule has 1 aromatic rings. The van der Waals surface area contributed by atoms with Crippen LogP contribution < -0.4 is 0 Å². The predicted molar refractivity (Wildman–Crippen MR) is 108 cm³/mol. The van der Waals surface area contributed by atoms with Crippen LogP contribution in [-0.2, 0) is 19.1 Å². The second kappa shape index (κ2) is 8.82. The van der Waals surface area contributed by atoms with E-state index in [0.717, 1.165) is 0 Å². The molecule has 2 aliphatic rings. The molecule has 28 heavy (non-hydrogen) atoms. The third-order valence-corrected chi connectivity index (χ3v) is 5.36. The number of rotatable bonds is 6. The van der Waals surface area contributed by atoms with Crippen LogP contribution in [0.2, 0.25) is 10.0 Å². The van der Waals surface area contributed by atoms with Gasteiger partial charge in [0, 0.05) is 43.9 Å². The van der Waals surface area contributed by atoms with Crippen LogP contribution in [0.3, 0.4) is 0 Å². The number of nitrogens with zero attached hydrogens (tertiary/aromatic N) is 2. The lowest BCUT2D eigenvalue weighted by molar-refractivity contribution is -0.138. The van der Waals surface area contributed by atoms with Crippen LogP contribution in [0.25, 0.3) is 5.57 Å². The van der Waals surface area contributed by atoms with E-state index in [4.69, 9.17) is 32.7 Å². The summed E-state index contributed by atoms with van der Waals surface area (Å²) >= 11 is 12.4. The highest BCUT2D eigenvalue weighted by Crippen LogP contribution is 2.37. The molecule has 0 saturated carbocycles. The molecule has 0 N–H and O–H groups in total. The van der Waals surface area contributed by atoms with Crippen molar-refractivity contribution in [2.45, 2.75) is 32.5 Å². The van der Waals surface area contributed by atoms with Crippen molar-refractivity contribution in [1.82, 2.24) is 9.80 Å². The molecule has 2 atom stereocenters. The standard InChI is InChI=1S/C20H24Cl2N2O4/c1-12-10-23(11-13(2)28-12)18-17(15-6-5-14(21)9-16(15)22)19(25)24(20(18)26)7-4-8-27-3/h5-6,9,12-13H,4,7-8,10-11H2,1-3H3. The van der Waals surface area contributed by atoms with Crippen molar-refractivity contribution in [2.75, 3.05) is 33.4 Å². The molecule has 8 heteroatoms. The number of morpholine rings is 1. The zero-order valence-electron chi connectivity index (χ0n) is 16.2. The van der Waals surface area contributed by atoms with Gasteiger partial charge in [-0.05, 0) is 32.4 Å². The molecule has 2 aliphatic heterocycles. The highest BCUT2D eigenvalue weighted by molar-refractivity contribution is 6.41. The molecule has 2 amide bonds. The van der Waals surface area contributed by atoms with Gasteiger partial charge in [-0.3, -0.25) is 14.5 Å². The highest BCUT2D eigenvalue weighted by atomic mass is 35.5.